The molecule has 0 aliphatic carbocycles. The van der Waals surface area contributed by atoms with Crippen molar-refractivity contribution in [1.29, 1.82) is 0 Å². The number of hydrogen-bond acceptors (Lipinski definition) is 2. The van der Waals surface area contributed by atoms with Crippen molar-refractivity contribution in [2.45, 2.75) is 0 Å². The van der Waals surface area contributed by atoms with Crippen molar-refractivity contribution in [2.75, 3.05) is 5.32 Å². The standard InChI is InChI=1S/C4H4BrN3O2/c5-3-2(1-6-8-3)7-4(9)10/h1,7H,(H,6,8)(H,9,10). The average molecular weight is 206 g/mol. The summed E-state index contributed by atoms with van der Waals surface area (Å²) in [6.45, 7) is 0. The van der Waals surface area contributed by atoms with E-state index in [0.717, 1.165) is 0 Å². The largest absolute Gasteiger partial charge is 0.465 e. The number of carboxylic acid groups (broad SMARTS) is 1. The van der Waals surface area contributed by atoms with Crippen LogP contribution in [0.4, 0.5) is 10.5 Å². The maximum absolute atomic E-state index is 10.0. The Kier molecular flexibility index (Phi) is 1.91. The minimum absolute atomic E-state index is 0.410. The van der Waals surface area contributed by atoms with Gasteiger partial charge in [-0.3, -0.25) is 10.4 Å². The number of halogens is 1. The molecule has 0 aliphatic rings. The van der Waals surface area contributed by atoms with Crippen molar-refractivity contribution in [1.82, 2.24) is 10.2 Å². The van der Waals surface area contributed by atoms with Crippen LogP contribution in [0.2, 0.25) is 0 Å². The fraction of sp³-hybridized carbons (Fsp3) is 0. The molecule has 1 rings (SSSR count). The highest BCUT2D eigenvalue weighted by molar-refractivity contribution is 9.10. The van der Waals surface area contributed by atoms with Crippen molar-refractivity contribution in [3.63, 3.8) is 0 Å². The predicted molar refractivity (Wildman–Crippen MR) is 37.9 cm³/mol. The van der Waals surface area contributed by atoms with Gasteiger partial charge in [-0.15, -0.1) is 0 Å². The van der Waals surface area contributed by atoms with E-state index in [1.165, 1.54) is 6.20 Å². The van der Waals surface area contributed by atoms with Gasteiger partial charge in [0, 0.05) is 0 Å². The lowest BCUT2D eigenvalue weighted by molar-refractivity contribution is 0.209. The number of H-pyrrole nitrogens is 1. The summed E-state index contributed by atoms with van der Waals surface area (Å²) in [5, 5.41) is 16.5. The van der Waals surface area contributed by atoms with Crippen molar-refractivity contribution >= 4 is 27.7 Å². The number of hydrogen-bond donors (Lipinski definition) is 3. The molecule has 1 aromatic heterocycles. The SMILES string of the molecule is O=C(O)Nc1cn[nH]c1Br. The summed E-state index contributed by atoms with van der Waals surface area (Å²) < 4.78 is 0.523. The van der Waals surface area contributed by atoms with E-state index >= 15 is 0 Å². The van der Waals surface area contributed by atoms with Gasteiger partial charge in [-0.05, 0) is 15.9 Å². The first kappa shape index (κ1) is 7.07. The molecule has 5 nitrogen and oxygen atoms in total. The lowest BCUT2D eigenvalue weighted by Crippen LogP contribution is -2.06. The van der Waals surface area contributed by atoms with E-state index in [4.69, 9.17) is 5.11 Å². The van der Waals surface area contributed by atoms with Gasteiger partial charge in [0.1, 0.15) is 4.60 Å². The summed E-state index contributed by atoms with van der Waals surface area (Å²) in [6.07, 6.45) is 0.264. The van der Waals surface area contributed by atoms with Crippen LogP contribution >= 0.6 is 15.9 Å². The van der Waals surface area contributed by atoms with Gasteiger partial charge >= 0.3 is 6.09 Å². The van der Waals surface area contributed by atoms with Crippen LogP contribution in [0.1, 0.15) is 0 Å². The van der Waals surface area contributed by atoms with Crippen molar-refractivity contribution < 1.29 is 9.90 Å². The fourth-order valence-electron chi connectivity index (χ4n) is 0.473. The van der Waals surface area contributed by atoms with E-state index in [9.17, 15) is 4.79 Å². The van der Waals surface area contributed by atoms with Crippen LogP contribution in [0.25, 0.3) is 0 Å². The van der Waals surface area contributed by atoms with Crippen LogP contribution in [0.5, 0.6) is 0 Å². The zero-order valence-electron chi connectivity index (χ0n) is 4.76. The molecule has 0 saturated carbocycles. The third-order valence-corrected chi connectivity index (χ3v) is 1.44. The average Bonchev–Trinajstić information content (AvgIpc) is 2.15. The van der Waals surface area contributed by atoms with Crippen molar-refractivity contribution in [2.24, 2.45) is 0 Å². The number of aromatic nitrogens is 2. The Labute approximate surface area is 64.6 Å². The molecule has 0 spiro atoms. The van der Waals surface area contributed by atoms with Crippen LogP contribution in [0.15, 0.2) is 10.8 Å². The maximum atomic E-state index is 10.0. The van der Waals surface area contributed by atoms with Gasteiger partial charge in [-0.1, -0.05) is 0 Å². The first-order chi connectivity index (χ1) is 4.70. The molecule has 0 fully saturated rings. The first-order valence-electron chi connectivity index (χ1n) is 2.39. The summed E-state index contributed by atoms with van der Waals surface area (Å²) >= 11 is 3.05. The second-order valence-electron chi connectivity index (χ2n) is 1.53. The highest BCUT2D eigenvalue weighted by Crippen LogP contribution is 2.17. The Balaban J connectivity index is 2.74. The molecule has 0 unspecified atom stereocenters. The van der Waals surface area contributed by atoms with Crippen LogP contribution in [0.3, 0.4) is 0 Å². The van der Waals surface area contributed by atoms with E-state index in [2.05, 4.69) is 31.4 Å². The molecule has 3 N–H and O–H groups in total. The van der Waals surface area contributed by atoms with Gasteiger partial charge in [0.05, 0.1) is 11.9 Å². The van der Waals surface area contributed by atoms with Gasteiger partial charge in [0.25, 0.3) is 0 Å². The van der Waals surface area contributed by atoms with E-state index in [1.54, 1.807) is 0 Å². The summed E-state index contributed by atoms with van der Waals surface area (Å²) in [5.74, 6) is 0. The van der Waals surface area contributed by atoms with Crippen LogP contribution in [0, 0.1) is 0 Å². The number of anilines is 1. The highest BCUT2D eigenvalue weighted by atomic mass is 79.9. The minimum atomic E-state index is -1.11. The molecular formula is C4H4BrN3O2. The molecule has 0 aliphatic heterocycles. The smallest absolute Gasteiger partial charge is 0.409 e. The Morgan fingerprint density at radius 3 is 3.00 bits per heavy atom. The molecule has 1 amide bonds. The van der Waals surface area contributed by atoms with Gasteiger partial charge in [0.2, 0.25) is 0 Å². The molecule has 1 heterocycles. The van der Waals surface area contributed by atoms with Gasteiger partial charge < -0.3 is 5.11 Å². The lowest BCUT2D eigenvalue weighted by atomic mass is 10.6. The Morgan fingerprint density at radius 1 is 1.90 bits per heavy atom. The second-order valence-corrected chi connectivity index (χ2v) is 2.32. The topological polar surface area (TPSA) is 78.0 Å². The fourth-order valence-corrected chi connectivity index (χ4v) is 0.777. The molecular weight excluding hydrogens is 202 g/mol. The zero-order valence-corrected chi connectivity index (χ0v) is 6.34. The van der Waals surface area contributed by atoms with E-state index in [1.807, 2.05) is 0 Å². The predicted octanol–water partition coefficient (Wildman–Crippen LogP) is 1.26. The number of amides is 1. The monoisotopic (exact) mass is 205 g/mol. The third kappa shape index (κ3) is 1.47. The molecule has 0 saturated heterocycles. The third-order valence-electron chi connectivity index (χ3n) is 0.834. The molecule has 0 bridgehead atoms. The molecule has 0 atom stereocenters. The number of aromatic amines is 1. The number of carbonyl (C=O) groups is 1. The molecule has 1 aromatic rings. The van der Waals surface area contributed by atoms with Crippen LogP contribution in [-0.4, -0.2) is 21.4 Å². The number of nitrogens with zero attached hydrogens (tertiary/aromatic N) is 1. The Bertz CT molecular complexity index is 246. The van der Waals surface area contributed by atoms with E-state index in [-0.39, 0.29) is 0 Å². The Hall–Kier alpha value is -1.04. The zero-order chi connectivity index (χ0) is 7.56. The molecule has 54 valence electrons. The molecule has 0 radical (unpaired) electrons. The lowest BCUT2D eigenvalue weighted by Gasteiger charge is -1.93. The first-order valence-corrected chi connectivity index (χ1v) is 3.18. The van der Waals surface area contributed by atoms with Gasteiger partial charge in [0.15, 0.2) is 0 Å². The van der Waals surface area contributed by atoms with Crippen molar-refractivity contribution in [3.8, 4) is 0 Å². The number of rotatable bonds is 1. The summed E-state index contributed by atoms with van der Waals surface area (Å²) in [5.41, 5.74) is 0.410. The minimum Gasteiger partial charge on any atom is -0.465 e. The molecule has 10 heavy (non-hydrogen) atoms. The maximum Gasteiger partial charge on any atom is 0.409 e. The van der Waals surface area contributed by atoms with E-state index in [0.29, 0.717) is 10.3 Å². The van der Waals surface area contributed by atoms with Crippen molar-refractivity contribution in [3.05, 3.63) is 10.8 Å². The highest BCUT2D eigenvalue weighted by Gasteiger charge is 2.02. The molecule has 0 aromatic carbocycles. The van der Waals surface area contributed by atoms with Gasteiger partial charge in [-0.2, -0.15) is 5.10 Å². The number of nitrogens with one attached hydrogen (secondary N) is 2. The summed E-state index contributed by atoms with van der Waals surface area (Å²) in [6, 6.07) is 0. The Morgan fingerprint density at radius 2 is 2.60 bits per heavy atom. The van der Waals surface area contributed by atoms with Crippen LogP contribution in [-0.2, 0) is 0 Å². The van der Waals surface area contributed by atoms with Crippen LogP contribution < -0.4 is 5.32 Å². The second kappa shape index (κ2) is 2.70. The summed E-state index contributed by atoms with van der Waals surface area (Å²) in [4.78, 5) is 10.0. The van der Waals surface area contributed by atoms with Gasteiger partial charge in [-0.25, -0.2) is 4.79 Å². The summed E-state index contributed by atoms with van der Waals surface area (Å²) in [7, 11) is 0. The molecule has 6 heteroatoms. The normalized spacial score (nSPS) is 9.30. The van der Waals surface area contributed by atoms with E-state index < -0.39 is 6.09 Å². The quantitative estimate of drug-likeness (QED) is 0.647.